The standard InChI is InChI=1S/C15H17NO/c1-15(17,11-13-5-3-2-4-6-13)12-14-7-9-16-10-8-14/h2-10,17H,11-12H2,1H3. The van der Waals surface area contributed by atoms with Crippen LogP contribution in [0.25, 0.3) is 0 Å². The number of benzene rings is 1. The molecule has 1 unspecified atom stereocenters. The third-order valence-corrected chi connectivity index (χ3v) is 2.76. The summed E-state index contributed by atoms with van der Waals surface area (Å²) < 4.78 is 0. The van der Waals surface area contributed by atoms with Crippen molar-refractivity contribution in [3.05, 3.63) is 66.0 Å². The molecule has 0 radical (unpaired) electrons. The van der Waals surface area contributed by atoms with Crippen LogP contribution in [-0.4, -0.2) is 15.7 Å². The third kappa shape index (κ3) is 3.68. The van der Waals surface area contributed by atoms with Gasteiger partial charge in [-0.2, -0.15) is 0 Å². The minimum atomic E-state index is -0.720. The van der Waals surface area contributed by atoms with Crippen LogP contribution >= 0.6 is 0 Å². The fourth-order valence-corrected chi connectivity index (χ4v) is 2.04. The van der Waals surface area contributed by atoms with Gasteiger partial charge in [0.1, 0.15) is 0 Å². The highest BCUT2D eigenvalue weighted by atomic mass is 16.3. The Balaban J connectivity index is 2.04. The summed E-state index contributed by atoms with van der Waals surface area (Å²) in [5, 5.41) is 10.4. The number of rotatable bonds is 4. The van der Waals surface area contributed by atoms with Crippen LogP contribution < -0.4 is 0 Å². The zero-order valence-corrected chi connectivity index (χ0v) is 10.0. The minimum absolute atomic E-state index is 0.643. The van der Waals surface area contributed by atoms with Gasteiger partial charge in [-0.1, -0.05) is 30.3 Å². The molecule has 1 atom stereocenters. The fourth-order valence-electron chi connectivity index (χ4n) is 2.04. The first-order chi connectivity index (χ1) is 8.16. The highest BCUT2D eigenvalue weighted by Crippen LogP contribution is 2.18. The first-order valence-electron chi connectivity index (χ1n) is 5.81. The van der Waals surface area contributed by atoms with Gasteiger partial charge < -0.3 is 5.11 Å². The van der Waals surface area contributed by atoms with Gasteiger partial charge in [-0.05, 0) is 30.2 Å². The summed E-state index contributed by atoms with van der Waals surface area (Å²) in [5.74, 6) is 0. The lowest BCUT2D eigenvalue weighted by Gasteiger charge is -2.23. The van der Waals surface area contributed by atoms with E-state index in [1.165, 1.54) is 0 Å². The highest BCUT2D eigenvalue weighted by Gasteiger charge is 2.21. The van der Waals surface area contributed by atoms with Crippen molar-refractivity contribution in [3.8, 4) is 0 Å². The van der Waals surface area contributed by atoms with Crippen molar-refractivity contribution < 1.29 is 5.11 Å². The first kappa shape index (κ1) is 11.8. The quantitative estimate of drug-likeness (QED) is 0.871. The Morgan fingerprint density at radius 1 is 0.941 bits per heavy atom. The summed E-state index contributed by atoms with van der Waals surface area (Å²) in [4.78, 5) is 3.98. The Hall–Kier alpha value is -1.67. The number of nitrogens with zero attached hydrogens (tertiary/aromatic N) is 1. The summed E-state index contributed by atoms with van der Waals surface area (Å²) in [7, 11) is 0. The Bertz CT molecular complexity index is 407. The molecule has 0 spiro atoms. The van der Waals surface area contributed by atoms with Gasteiger partial charge in [0.25, 0.3) is 0 Å². The third-order valence-electron chi connectivity index (χ3n) is 2.76. The smallest absolute Gasteiger partial charge is 0.0700 e. The van der Waals surface area contributed by atoms with E-state index in [1.54, 1.807) is 12.4 Å². The number of aliphatic hydroxyl groups is 1. The monoisotopic (exact) mass is 227 g/mol. The van der Waals surface area contributed by atoms with Gasteiger partial charge in [0, 0.05) is 25.2 Å². The predicted octanol–water partition coefficient (Wildman–Crippen LogP) is 2.62. The highest BCUT2D eigenvalue weighted by molar-refractivity contribution is 5.19. The second kappa shape index (κ2) is 5.11. The van der Waals surface area contributed by atoms with E-state index in [0.29, 0.717) is 12.8 Å². The fraction of sp³-hybridized carbons (Fsp3) is 0.267. The van der Waals surface area contributed by atoms with Crippen molar-refractivity contribution in [1.29, 1.82) is 0 Å². The largest absolute Gasteiger partial charge is 0.389 e. The zero-order chi connectivity index (χ0) is 12.1. The number of hydrogen-bond acceptors (Lipinski definition) is 2. The molecule has 0 fully saturated rings. The van der Waals surface area contributed by atoms with E-state index in [1.807, 2.05) is 49.4 Å². The van der Waals surface area contributed by atoms with E-state index in [2.05, 4.69) is 4.98 Å². The lowest BCUT2D eigenvalue weighted by molar-refractivity contribution is 0.0608. The Labute approximate surface area is 102 Å². The molecule has 0 aliphatic rings. The molecular formula is C15H17NO. The van der Waals surface area contributed by atoms with Gasteiger partial charge in [0.2, 0.25) is 0 Å². The van der Waals surface area contributed by atoms with Gasteiger partial charge in [0.05, 0.1) is 5.60 Å². The molecule has 0 saturated heterocycles. The van der Waals surface area contributed by atoms with Crippen molar-refractivity contribution in [1.82, 2.24) is 4.98 Å². The molecule has 2 heteroatoms. The lowest BCUT2D eigenvalue weighted by atomic mass is 9.90. The van der Waals surface area contributed by atoms with Crippen LogP contribution in [0, 0.1) is 0 Å². The molecule has 1 aromatic heterocycles. The van der Waals surface area contributed by atoms with Crippen LogP contribution in [0.5, 0.6) is 0 Å². The van der Waals surface area contributed by atoms with E-state index in [9.17, 15) is 5.11 Å². The van der Waals surface area contributed by atoms with Gasteiger partial charge in [0.15, 0.2) is 0 Å². The average molecular weight is 227 g/mol. The number of aromatic nitrogens is 1. The molecule has 1 heterocycles. The van der Waals surface area contributed by atoms with Crippen LogP contribution in [0.4, 0.5) is 0 Å². The summed E-state index contributed by atoms with van der Waals surface area (Å²) >= 11 is 0. The van der Waals surface area contributed by atoms with Crippen molar-refractivity contribution >= 4 is 0 Å². The van der Waals surface area contributed by atoms with E-state index in [0.717, 1.165) is 11.1 Å². The summed E-state index contributed by atoms with van der Waals surface area (Å²) in [6.45, 7) is 1.88. The van der Waals surface area contributed by atoms with Gasteiger partial charge in [-0.25, -0.2) is 0 Å². The molecule has 0 aliphatic carbocycles. The number of hydrogen-bond donors (Lipinski definition) is 1. The maximum absolute atomic E-state index is 10.4. The first-order valence-corrected chi connectivity index (χ1v) is 5.81. The SMILES string of the molecule is CC(O)(Cc1ccccc1)Cc1ccncc1. The molecule has 0 saturated carbocycles. The zero-order valence-electron chi connectivity index (χ0n) is 10.0. The van der Waals surface area contributed by atoms with Crippen LogP contribution in [0.3, 0.4) is 0 Å². The van der Waals surface area contributed by atoms with Crippen molar-refractivity contribution in [2.45, 2.75) is 25.4 Å². The normalized spacial score (nSPS) is 14.2. The molecule has 2 nitrogen and oxygen atoms in total. The van der Waals surface area contributed by atoms with E-state index >= 15 is 0 Å². The molecule has 0 amide bonds. The van der Waals surface area contributed by atoms with E-state index in [-0.39, 0.29) is 0 Å². The van der Waals surface area contributed by atoms with Crippen molar-refractivity contribution in [2.75, 3.05) is 0 Å². The minimum Gasteiger partial charge on any atom is -0.389 e. The van der Waals surface area contributed by atoms with Crippen molar-refractivity contribution in [2.24, 2.45) is 0 Å². The molecule has 88 valence electrons. The van der Waals surface area contributed by atoms with E-state index in [4.69, 9.17) is 0 Å². The topological polar surface area (TPSA) is 33.1 Å². The summed E-state index contributed by atoms with van der Waals surface area (Å²) in [6, 6.07) is 14.0. The van der Waals surface area contributed by atoms with Crippen LogP contribution in [0.2, 0.25) is 0 Å². The summed E-state index contributed by atoms with van der Waals surface area (Å²) in [6.07, 6.45) is 4.82. The van der Waals surface area contributed by atoms with Gasteiger partial charge in [-0.15, -0.1) is 0 Å². The molecule has 2 aromatic rings. The van der Waals surface area contributed by atoms with Crippen LogP contribution in [-0.2, 0) is 12.8 Å². The van der Waals surface area contributed by atoms with Gasteiger partial charge >= 0.3 is 0 Å². The Kier molecular flexibility index (Phi) is 3.55. The lowest BCUT2D eigenvalue weighted by Crippen LogP contribution is -2.30. The van der Waals surface area contributed by atoms with Crippen LogP contribution in [0.1, 0.15) is 18.1 Å². The average Bonchev–Trinajstić information content (AvgIpc) is 2.30. The van der Waals surface area contributed by atoms with E-state index < -0.39 is 5.60 Å². The molecular weight excluding hydrogens is 210 g/mol. The maximum Gasteiger partial charge on any atom is 0.0700 e. The Morgan fingerprint density at radius 3 is 2.06 bits per heavy atom. The predicted molar refractivity (Wildman–Crippen MR) is 68.7 cm³/mol. The molecule has 17 heavy (non-hydrogen) atoms. The molecule has 2 rings (SSSR count). The molecule has 1 aromatic carbocycles. The van der Waals surface area contributed by atoms with Crippen molar-refractivity contribution in [3.63, 3.8) is 0 Å². The molecule has 1 N–H and O–H groups in total. The van der Waals surface area contributed by atoms with Gasteiger partial charge in [-0.3, -0.25) is 4.98 Å². The summed E-state index contributed by atoms with van der Waals surface area (Å²) in [5.41, 5.74) is 1.55. The maximum atomic E-state index is 10.4. The van der Waals surface area contributed by atoms with Crippen LogP contribution in [0.15, 0.2) is 54.9 Å². The molecule has 0 bridgehead atoms. The Morgan fingerprint density at radius 2 is 1.47 bits per heavy atom. The molecule has 0 aliphatic heterocycles. The number of pyridine rings is 1. The second-order valence-corrected chi connectivity index (χ2v) is 4.69. The second-order valence-electron chi connectivity index (χ2n) is 4.69.